The zero-order chi connectivity index (χ0) is 27.5. The summed E-state index contributed by atoms with van der Waals surface area (Å²) < 4.78 is 17.9. The fraction of sp³-hybridized carbons (Fsp3) is 0.667. The lowest BCUT2D eigenvalue weighted by atomic mass is 9.51. The third-order valence-corrected chi connectivity index (χ3v) is 9.05. The number of carbonyl (C=O) groups excluding carboxylic acids is 2. The van der Waals surface area contributed by atoms with Gasteiger partial charge < -0.3 is 39.7 Å². The summed E-state index contributed by atoms with van der Waals surface area (Å²) in [5, 5.41) is 32.3. The molecule has 1 amide bonds. The number of carboxylic acids is 1. The van der Waals surface area contributed by atoms with Gasteiger partial charge in [-0.1, -0.05) is 19.9 Å². The smallest absolute Gasteiger partial charge is 0.338 e. The number of hydrogen-bond donors (Lipinski definition) is 4. The maximum atomic E-state index is 13.0. The third-order valence-electron chi connectivity index (χ3n) is 9.05. The Labute approximate surface area is 234 Å². The minimum absolute atomic E-state index is 0. The van der Waals surface area contributed by atoms with Gasteiger partial charge in [0.15, 0.2) is 23.7 Å². The molecule has 2 bridgehead atoms. The van der Waals surface area contributed by atoms with Gasteiger partial charge in [0, 0.05) is 17.0 Å². The fourth-order valence-corrected chi connectivity index (χ4v) is 7.20. The van der Waals surface area contributed by atoms with E-state index in [2.05, 4.69) is 23.3 Å². The predicted molar refractivity (Wildman–Crippen MR) is 143 cm³/mol. The van der Waals surface area contributed by atoms with Crippen LogP contribution in [-0.4, -0.2) is 95.3 Å². The quantitative estimate of drug-likeness (QED) is 0.324. The van der Waals surface area contributed by atoms with Crippen LogP contribution in [0.1, 0.15) is 44.2 Å². The molecule has 4 N–H and O–H groups in total. The lowest BCUT2D eigenvalue weighted by Crippen LogP contribution is -2.66. The van der Waals surface area contributed by atoms with E-state index in [-0.39, 0.29) is 18.9 Å². The second-order valence-corrected chi connectivity index (χ2v) is 11.3. The molecule has 4 aliphatic rings. The molecule has 12 heteroatoms. The highest BCUT2D eigenvalue weighted by atomic mass is 32.1. The molecule has 2 aliphatic heterocycles. The summed E-state index contributed by atoms with van der Waals surface area (Å²) in [4.78, 5) is 39.2. The molecule has 216 valence electrons. The Morgan fingerprint density at radius 3 is 2.54 bits per heavy atom. The summed E-state index contributed by atoms with van der Waals surface area (Å²) in [6, 6.07) is 3.04. The SMILES string of the molecule is COc1ccc2c3c1O[C@H]1[C@@H](OC(=O)C(O)C(O)C(=O)NC(C(=O)O)C(C)C)CCC4[C@@H](C2)N(C)CC[C@@]341.S. The number of nitrogens with zero attached hydrogens (tertiary/aromatic N) is 1. The van der Waals surface area contributed by atoms with Crippen molar-refractivity contribution < 1.29 is 43.9 Å². The van der Waals surface area contributed by atoms with Crippen LogP contribution in [0.5, 0.6) is 11.5 Å². The first-order valence-corrected chi connectivity index (χ1v) is 13.2. The van der Waals surface area contributed by atoms with Crippen molar-refractivity contribution in [3.8, 4) is 11.5 Å². The molecule has 2 aliphatic carbocycles. The molecule has 2 fully saturated rings. The number of amides is 1. The number of hydrogen-bond acceptors (Lipinski definition) is 9. The number of piperidine rings is 1. The van der Waals surface area contributed by atoms with E-state index in [4.69, 9.17) is 14.2 Å². The average Bonchev–Trinajstić information content (AvgIpc) is 3.24. The number of nitrogens with one attached hydrogen (secondary N) is 1. The molecule has 1 aromatic rings. The van der Waals surface area contributed by atoms with Crippen LogP contribution < -0.4 is 14.8 Å². The number of likely N-dealkylation sites (tertiary alicyclic amines) is 1. The summed E-state index contributed by atoms with van der Waals surface area (Å²) in [7, 11) is 3.73. The highest BCUT2D eigenvalue weighted by Crippen LogP contribution is 2.64. The number of ether oxygens (including phenoxy) is 3. The Morgan fingerprint density at radius 2 is 1.90 bits per heavy atom. The highest BCUT2D eigenvalue weighted by molar-refractivity contribution is 7.59. The maximum absolute atomic E-state index is 13.0. The molecule has 4 unspecified atom stereocenters. The van der Waals surface area contributed by atoms with E-state index in [1.165, 1.54) is 5.56 Å². The van der Waals surface area contributed by atoms with E-state index in [1.807, 2.05) is 6.07 Å². The minimum Gasteiger partial charge on any atom is -0.493 e. The number of likely N-dealkylation sites (N-methyl/N-ethyl adjacent to an activating group) is 1. The van der Waals surface area contributed by atoms with Crippen LogP contribution in [-0.2, 0) is 31.0 Å². The number of aliphatic hydroxyl groups is 2. The predicted octanol–water partition coefficient (Wildman–Crippen LogP) is 0.336. The Bertz CT molecular complexity index is 1150. The number of esters is 1. The molecule has 0 radical (unpaired) electrons. The monoisotopic (exact) mass is 566 g/mol. The second kappa shape index (κ2) is 10.8. The first-order valence-electron chi connectivity index (χ1n) is 13.2. The molecule has 39 heavy (non-hydrogen) atoms. The Balaban J connectivity index is 0.00000353. The molecule has 2 heterocycles. The van der Waals surface area contributed by atoms with Gasteiger partial charge in [-0.3, -0.25) is 4.79 Å². The van der Waals surface area contributed by atoms with Crippen LogP contribution in [0.25, 0.3) is 0 Å². The second-order valence-electron chi connectivity index (χ2n) is 11.3. The van der Waals surface area contributed by atoms with E-state index in [0.29, 0.717) is 29.9 Å². The van der Waals surface area contributed by atoms with Crippen molar-refractivity contribution in [2.24, 2.45) is 11.8 Å². The van der Waals surface area contributed by atoms with Crippen LogP contribution >= 0.6 is 13.5 Å². The number of rotatable bonds is 8. The lowest BCUT2D eigenvalue weighted by Gasteiger charge is -2.58. The van der Waals surface area contributed by atoms with E-state index in [1.54, 1.807) is 21.0 Å². The van der Waals surface area contributed by atoms with Crippen molar-refractivity contribution >= 4 is 31.3 Å². The molecule has 11 nitrogen and oxygen atoms in total. The van der Waals surface area contributed by atoms with Gasteiger partial charge in [-0.05, 0) is 62.7 Å². The molecule has 1 saturated carbocycles. The lowest BCUT2D eigenvalue weighted by molar-refractivity contribution is -0.181. The molecule has 1 aromatic carbocycles. The molecule has 0 aromatic heterocycles. The van der Waals surface area contributed by atoms with Crippen molar-refractivity contribution in [3.05, 3.63) is 23.3 Å². The normalized spacial score (nSPS) is 30.6. The number of carbonyl (C=O) groups is 3. The zero-order valence-electron chi connectivity index (χ0n) is 22.5. The third kappa shape index (κ3) is 4.55. The number of aliphatic hydroxyl groups excluding tert-OH is 2. The van der Waals surface area contributed by atoms with Crippen molar-refractivity contribution in [3.63, 3.8) is 0 Å². The highest BCUT2D eigenvalue weighted by Gasteiger charge is 2.66. The van der Waals surface area contributed by atoms with E-state index < -0.39 is 54.2 Å². The van der Waals surface area contributed by atoms with Crippen molar-refractivity contribution in [1.29, 1.82) is 0 Å². The largest absolute Gasteiger partial charge is 0.493 e. The molecule has 8 atom stereocenters. The fourth-order valence-electron chi connectivity index (χ4n) is 7.20. The maximum Gasteiger partial charge on any atom is 0.338 e. The molecule has 5 rings (SSSR count). The van der Waals surface area contributed by atoms with Gasteiger partial charge in [0.2, 0.25) is 0 Å². The average molecular weight is 567 g/mol. The van der Waals surface area contributed by atoms with E-state index >= 15 is 0 Å². The topological polar surface area (TPSA) is 155 Å². The molecular weight excluding hydrogens is 528 g/mol. The summed E-state index contributed by atoms with van der Waals surface area (Å²) in [6.07, 6.45) is -2.57. The van der Waals surface area contributed by atoms with Crippen LogP contribution in [0.3, 0.4) is 0 Å². The van der Waals surface area contributed by atoms with Gasteiger partial charge >= 0.3 is 11.9 Å². The van der Waals surface area contributed by atoms with Crippen LogP contribution in [0.15, 0.2) is 12.1 Å². The minimum atomic E-state index is -2.19. The number of aliphatic carboxylic acids is 1. The Hall–Kier alpha value is -2.54. The number of carboxylic acid groups (broad SMARTS) is 1. The number of methoxy groups -OCH3 is 1. The summed E-state index contributed by atoms with van der Waals surface area (Å²) in [5.41, 5.74) is 1.96. The molecular formula is C27H38N2O9S. The van der Waals surface area contributed by atoms with Gasteiger partial charge in [-0.15, -0.1) is 0 Å². The Morgan fingerprint density at radius 1 is 1.18 bits per heavy atom. The Kier molecular flexibility index (Phi) is 8.15. The van der Waals surface area contributed by atoms with Crippen LogP contribution in [0.2, 0.25) is 0 Å². The zero-order valence-corrected chi connectivity index (χ0v) is 23.5. The van der Waals surface area contributed by atoms with Crippen LogP contribution in [0, 0.1) is 11.8 Å². The standard InChI is InChI=1S/C27H36N2O9.H2S/c1-12(2)19(25(33)34)28-24(32)20(30)21(31)26(35)37-17-8-6-14-15-11-13-5-7-16(36-4)22-18(13)27(14,23(17)38-22)9-10-29(15)3;/h5,7,12,14-15,17,19-21,23,30-31H,6,8-11H2,1-4H3,(H,28,32)(H,33,34);1H2/t14?,15-,17+,19?,20?,21?,23+,27+;/m1./s1. The summed E-state index contributed by atoms with van der Waals surface area (Å²) in [6.45, 7) is 4.04. The van der Waals surface area contributed by atoms with E-state index in [9.17, 15) is 29.7 Å². The number of benzene rings is 1. The van der Waals surface area contributed by atoms with Gasteiger partial charge in [-0.25, -0.2) is 9.59 Å². The van der Waals surface area contributed by atoms with Crippen LogP contribution in [0.4, 0.5) is 0 Å². The molecule has 1 saturated heterocycles. The first-order chi connectivity index (χ1) is 18.0. The van der Waals surface area contributed by atoms with Gasteiger partial charge in [0.05, 0.1) is 7.11 Å². The van der Waals surface area contributed by atoms with Crippen molar-refractivity contribution in [1.82, 2.24) is 10.2 Å². The van der Waals surface area contributed by atoms with Gasteiger partial charge in [0.1, 0.15) is 18.2 Å². The first kappa shape index (κ1) is 29.4. The molecule has 1 spiro atoms. The van der Waals surface area contributed by atoms with E-state index in [0.717, 1.165) is 31.4 Å². The van der Waals surface area contributed by atoms with Gasteiger partial charge in [-0.2, -0.15) is 13.5 Å². The van der Waals surface area contributed by atoms with Gasteiger partial charge in [0.25, 0.3) is 5.91 Å². The van der Waals surface area contributed by atoms with Crippen molar-refractivity contribution in [2.75, 3.05) is 20.7 Å². The summed E-state index contributed by atoms with van der Waals surface area (Å²) in [5.74, 6) is -2.48. The summed E-state index contributed by atoms with van der Waals surface area (Å²) >= 11 is 0. The van der Waals surface area contributed by atoms with Crippen molar-refractivity contribution in [2.45, 2.75) is 81.4 Å².